The van der Waals surface area contributed by atoms with Crippen molar-refractivity contribution in [1.29, 1.82) is 0 Å². The zero-order valence-electron chi connectivity index (χ0n) is 13.6. The number of carboxylic acids is 1. The number of benzene rings is 1. The van der Waals surface area contributed by atoms with E-state index in [1.807, 2.05) is 30.3 Å². The van der Waals surface area contributed by atoms with Crippen molar-refractivity contribution in [2.75, 3.05) is 13.1 Å². The molecule has 1 aromatic rings. The molecule has 0 aliphatic carbocycles. The molecule has 0 saturated carbocycles. The van der Waals surface area contributed by atoms with Gasteiger partial charge in [0.25, 0.3) is 0 Å². The lowest BCUT2D eigenvalue weighted by molar-refractivity contribution is -0.132. The lowest BCUT2D eigenvalue weighted by Gasteiger charge is -2.19. The molecular formula is C18H19ClN2O4. The van der Waals surface area contributed by atoms with E-state index in [0.717, 1.165) is 12.0 Å². The first-order chi connectivity index (χ1) is 12.0. The number of allylic oxidation sites excluding steroid dienone is 2. The molecule has 1 amide bonds. The minimum absolute atomic E-state index is 0.0154. The van der Waals surface area contributed by atoms with Crippen LogP contribution in [-0.4, -0.2) is 46.0 Å². The maximum atomic E-state index is 11.5. The summed E-state index contributed by atoms with van der Waals surface area (Å²) in [6.07, 6.45) is 3.92. The Kier molecular flexibility index (Phi) is 6.77. The molecule has 0 aromatic heterocycles. The maximum absolute atomic E-state index is 11.5. The van der Waals surface area contributed by atoms with E-state index in [1.165, 1.54) is 4.90 Å². The van der Waals surface area contributed by atoms with Gasteiger partial charge in [0.2, 0.25) is 0 Å². The number of aliphatic imine (C=N–C) groups is 1. The van der Waals surface area contributed by atoms with Gasteiger partial charge in [-0.1, -0.05) is 48.0 Å². The fourth-order valence-corrected chi connectivity index (χ4v) is 2.66. The van der Waals surface area contributed by atoms with Gasteiger partial charge >= 0.3 is 12.1 Å². The number of aliphatic carboxylic acids is 1. The summed E-state index contributed by atoms with van der Waals surface area (Å²) < 4.78 is 0. The summed E-state index contributed by atoms with van der Waals surface area (Å²) in [5.74, 6) is -1.22. The van der Waals surface area contributed by atoms with Crippen LogP contribution in [0.1, 0.15) is 18.4 Å². The normalized spacial score (nSPS) is 14.0. The largest absolute Gasteiger partial charge is 0.476 e. The van der Waals surface area contributed by atoms with Crippen LogP contribution in [0.15, 0.2) is 58.2 Å². The minimum Gasteiger partial charge on any atom is -0.476 e. The number of nitrogens with zero attached hydrogens (tertiary/aromatic N) is 2. The highest BCUT2D eigenvalue weighted by atomic mass is 35.5. The lowest BCUT2D eigenvalue weighted by Crippen LogP contribution is -2.35. The number of hydrogen-bond donors (Lipinski definition) is 2. The standard InChI is InChI=1S/C18H19ClN2O4/c19-15-10-4-9-14(20-16(15)17(22)23)12-21(18(24)25)11-5-8-13-6-2-1-3-7-13/h1-4,6-7,9H,5,8,10-12H2,(H,22,23)(H,24,25). The molecule has 6 nitrogen and oxygen atoms in total. The van der Waals surface area contributed by atoms with Gasteiger partial charge in [0, 0.05) is 13.0 Å². The topological polar surface area (TPSA) is 90.2 Å². The lowest BCUT2D eigenvalue weighted by atomic mass is 10.1. The smallest absolute Gasteiger partial charge is 0.407 e. The molecule has 2 N–H and O–H groups in total. The molecule has 1 aliphatic heterocycles. The van der Waals surface area contributed by atoms with E-state index in [0.29, 0.717) is 18.7 Å². The number of rotatable bonds is 7. The number of aryl methyl sites for hydroxylation is 1. The minimum atomic E-state index is -1.22. The van der Waals surface area contributed by atoms with Crippen molar-refractivity contribution in [2.24, 2.45) is 4.99 Å². The Hall–Kier alpha value is -2.60. The van der Waals surface area contributed by atoms with Gasteiger partial charge < -0.3 is 15.1 Å². The van der Waals surface area contributed by atoms with E-state index in [4.69, 9.17) is 16.7 Å². The molecule has 132 valence electrons. The monoisotopic (exact) mass is 362 g/mol. The second kappa shape index (κ2) is 9.03. The quantitative estimate of drug-likeness (QED) is 0.776. The van der Waals surface area contributed by atoms with Gasteiger partial charge in [0.15, 0.2) is 5.70 Å². The molecule has 0 unspecified atom stereocenters. The van der Waals surface area contributed by atoms with Crippen LogP contribution in [0, 0.1) is 0 Å². The average molecular weight is 363 g/mol. The van der Waals surface area contributed by atoms with Crippen molar-refractivity contribution in [2.45, 2.75) is 19.3 Å². The summed E-state index contributed by atoms with van der Waals surface area (Å²) in [5.41, 5.74) is 1.26. The summed E-state index contributed by atoms with van der Waals surface area (Å²) in [7, 11) is 0. The Morgan fingerprint density at radius 3 is 2.56 bits per heavy atom. The molecule has 0 atom stereocenters. The zero-order valence-corrected chi connectivity index (χ0v) is 14.3. The zero-order chi connectivity index (χ0) is 18.2. The van der Waals surface area contributed by atoms with Gasteiger partial charge in [0.1, 0.15) is 0 Å². The van der Waals surface area contributed by atoms with Gasteiger partial charge in [-0.2, -0.15) is 0 Å². The van der Waals surface area contributed by atoms with Crippen LogP contribution in [0.2, 0.25) is 0 Å². The van der Waals surface area contributed by atoms with Crippen molar-refractivity contribution < 1.29 is 19.8 Å². The van der Waals surface area contributed by atoms with E-state index in [9.17, 15) is 14.7 Å². The van der Waals surface area contributed by atoms with Crippen LogP contribution < -0.4 is 0 Å². The summed E-state index contributed by atoms with van der Waals surface area (Å²) in [6.45, 7) is 0.346. The van der Waals surface area contributed by atoms with Crippen LogP contribution >= 0.6 is 11.6 Å². The first-order valence-electron chi connectivity index (χ1n) is 7.85. The molecule has 0 saturated heterocycles. The van der Waals surface area contributed by atoms with E-state index in [2.05, 4.69) is 4.99 Å². The number of hydrogen-bond acceptors (Lipinski definition) is 3. The highest BCUT2D eigenvalue weighted by Crippen LogP contribution is 2.19. The molecule has 0 radical (unpaired) electrons. The Balaban J connectivity index is 2.02. The number of halogens is 1. The molecule has 1 aromatic carbocycles. The maximum Gasteiger partial charge on any atom is 0.407 e. The molecule has 1 aliphatic rings. The van der Waals surface area contributed by atoms with E-state index >= 15 is 0 Å². The number of carbonyl (C=O) groups is 2. The Morgan fingerprint density at radius 2 is 1.92 bits per heavy atom. The van der Waals surface area contributed by atoms with Gasteiger partial charge in [-0.15, -0.1) is 0 Å². The van der Waals surface area contributed by atoms with Crippen molar-refractivity contribution in [3.8, 4) is 0 Å². The second-order valence-electron chi connectivity index (χ2n) is 5.56. The molecule has 0 bridgehead atoms. The van der Waals surface area contributed by atoms with Crippen LogP contribution in [0.4, 0.5) is 4.79 Å². The van der Waals surface area contributed by atoms with E-state index < -0.39 is 12.1 Å². The van der Waals surface area contributed by atoms with Crippen LogP contribution in [0.3, 0.4) is 0 Å². The highest BCUT2D eigenvalue weighted by Gasteiger charge is 2.18. The van der Waals surface area contributed by atoms with Crippen molar-refractivity contribution >= 4 is 29.4 Å². The van der Waals surface area contributed by atoms with Crippen molar-refractivity contribution in [1.82, 2.24) is 4.90 Å². The van der Waals surface area contributed by atoms with E-state index in [-0.39, 0.29) is 23.7 Å². The molecule has 0 spiro atoms. The third-order valence-electron chi connectivity index (χ3n) is 3.68. The van der Waals surface area contributed by atoms with Gasteiger partial charge in [0.05, 0.1) is 17.3 Å². The Labute approximate surface area is 150 Å². The van der Waals surface area contributed by atoms with Crippen LogP contribution in [0.5, 0.6) is 0 Å². The predicted octanol–water partition coefficient (Wildman–Crippen LogP) is 3.54. The molecule has 0 fully saturated rings. The predicted molar refractivity (Wildman–Crippen MR) is 96.1 cm³/mol. The molecule has 25 heavy (non-hydrogen) atoms. The first-order valence-corrected chi connectivity index (χ1v) is 8.23. The van der Waals surface area contributed by atoms with Gasteiger partial charge in [-0.3, -0.25) is 0 Å². The molecule has 1 heterocycles. The summed E-state index contributed by atoms with van der Waals surface area (Å²) >= 11 is 5.91. The van der Waals surface area contributed by atoms with Crippen LogP contribution in [0.25, 0.3) is 0 Å². The molecular weight excluding hydrogens is 344 g/mol. The second-order valence-corrected chi connectivity index (χ2v) is 6.02. The SMILES string of the molecule is O=C(O)C1=C(Cl)CC=CC(CN(CCCc2ccccc2)C(=O)O)=N1. The Bertz CT molecular complexity index is 726. The van der Waals surface area contributed by atoms with Crippen molar-refractivity contribution in [3.05, 3.63) is 58.8 Å². The fraction of sp³-hybridized carbons (Fsp3) is 0.278. The Morgan fingerprint density at radius 1 is 1.20 bits per heavy atom. The molecule has 7 heteroatoms. The first kappa shape index (κ1) is 18.7. The third-order valence-corrected chi connectivity index (χ3v) is 4.02. The summed E-state index contributed by atoms with van der Waals surface area (Å²) in [4.78, 5) is 27.9. The fourth-order valence-electron chi connectivity index (χ4n) is 2.45. The molecule has 2 rings (SSSR count). The highest BCUT2D eigenvalue weighted by molar-refractivity contribution is 6.32. The van der Waals surface area contributed by atoms with Gasteiger partial charge in [-0.05, 0) is 24.5 Å². The summed E-state index contributed by atoms with van der Waals surface area (Å²) in [5, 5.41) is 18.7. The average Bonchev–Trinajstić information content (AvgIpc) is 2.76. The van der Waals surface area contributed by atoms with Gasteiger partial charge in [-0.25, -0.2) is 14.6 Å². The number of amides is 1. The van der Waals surface area contributed by atoms with E-state index in [1.54, 1.807) is 12.2 Å². The van der Waals surface area contributed by atoms with Crippen LogP contribution in [-0.2, 0) is 11.2 Å². The number of carboxylic acid groups (broad SMARTS) is 2. The third kappa shape index (κ3) is 5.76. The summed E-state index contributed by atoms with van der Waals surface area (Å²) in [6, 6.07) is 9.81. The van der Waals surface area contributed by atoms with Crippen molar-refractivity contribution in [3.63, 3.8) is 0 Å².